The highest BCUT2D eigenvalue weighted by Gasteiger charge is 2.07. The van der Waals surface area contributed by atoms with Crippen LogP contribution in [0.2, 0.25) is 0 Å². The number of aromatic nitrogens is 2. The summed E-state index contributed by atoms with van der Waals surface area (Å²) in [4.78, 5) is 16.5. The largest absolute Gasteiger partial charge is 0.462 e. The van der Waals surface area contributed by atoms with E-state index in [-0.39, 0.29) is 11.8 Å². The molecule has 4 nitrogen and oxygen atoms in total. The van der Waals surface area contributed by atoms with Crippen molar-refractivity contribution in [3.8, 4) is 0 Å². The van der Waals surface area contributed by atoms with E-state index in [9.17, 15) is 9.18 Å². The number of carbonyl (C=O) groups excluding carboxylic acids is 1. The second-order valence-electron chi connectivity index (χ2n) is 6.15. The van der Waals surface area contributed by atoms with Crippen LogP contribution in [0.15, 0.2) is 54.6 Å². The SMILES string of the molecule is C/C(=C/C(=O)OCCCn1c(C)nc2ccccc21)c1ccc(F)cc1. The quantitative estimate of drug-likeness (QED) is 0.372. The number of rotatable bonds is 6. The lowest BCUT2D eigenvalue weighted by Gasteiger charge is -2.07. The molecule has 0 saturated carbocycles. The number of hydrogen-bond acceptors (Lipinski definition) is 3. The minimum Gasteiger partial charge on any atom is -0.462 e. The van der Waals surface area contributed by atoms with E-state index < -0.39 is 0 Å². The number of hydrogen-bond donors (Lipinski definition) is 0. The molecule has 3 aromatic rings. The van der Waals surface area contributed by atoms with E-state index in [4.69, 9.17) is 4.74 Å². The van der Waals surface area contributed by atoms with E-state index in [1.807, 2.05) is 31.2 Å². The Morgan fingerprint density at radius 2 is 1.92 bits per heavy atom. The molecule has 2 aromatic carbocycles. The molecule has 0 atom stereocenters. The molecule has 0 aliphatic rings. The molecule has 3 rings (SSSR count). The van der Waals surface area contributed by atoms with Gasteiger partial charge in [-0.2, -0.15) is 0 Å². The molecule has 0 saturated heterocycles. The van der Waals surface area contributed by atoms with Gasteiger partial charge in [-0.1, -0.05) is 24.3 Å². The van der Waals surface area contributed by atoms with Gasteiger partial charge >= 0.3 is 5.97 Å². The Kier molecular flexibility index (Phi) is 5.46. The molecule has 0 unspecified atom stereocenters. The van der Waals surface area contributed by atoms with Gasteiger partial charge in [0.2, 0.25) is 0 Å². The average molecular weight is 352 g/mol. The Morgan fingerprint density at radius 1 is 1.19 bits per heavy atom. The number of esters is 1. The van der Waals surface area contributed by atoms with Gasteiger partial charge in [-0.3, -0.25) is 0 Å². The van der Waals surface area contributed by atoms with E-state index in [1.165, 1.54) is 18.2 Å². The maximum absolute atomic E-state index is 12.9. The summed E-state index contributed by atoms with van der Waals surface area (Å²) in [6, 6.07) is 14.0. The van der Waals surface area contributed by atoms with Crippen LogP contribution in [0.1, 0.15) is 24.7 Å². The van der Waals surface area contributed by atoms with Crippen molar-refractivity contribution < 1.29 is 13.9 Å². The maximum Gasteiger partial charge on any atom is 0.331 e. The summed E-state index contributed by atoms with van der Waals surface area (Å²) in [5.41, 5.74) is 3.60. The molecule has 0 fully saturated rings. The Labute approximate surface area is 151 Å². The van der Waals surface area contributed by atoms with E-state index in [0.29, 0.717) is 13.0 Å². The molecule has 26 heavy (non-hydrogen) atoms. The number of para-hydroxylation sites is 2. The average Bonchev–Trinajstić information content (AvgIpc) is 2.94. The minimum atomic E-state index is -0.390. The van der Waals surface area contributed by atoms with Gasteiger partial charge < -0.3 is 9.30 Å². The van der Waals surface area contributed by atoms with Crippen LogP contribution in [0.3, 0.4) is 0 Å². The first-order valence-electron chi connectivity index (χ1n) is 8.57. The second kappa shape index (κ2) is 7.95. The number of aryl methyl sites for hydroxylation is 2. The number of allylic oxidation sites excluding steroid dienone is 1. The molecule has 0 amide bonds. The molecule has 5 heteroatoms. The zero-order chi connectivity index (χ0) is 18.5. The highest BCUT2D eigenvalue weighted by Crippen LogP contribution is 2.16. The summed E-state index contributed by atoms with van der Waals surface area (Å²) in [5, 5.41) is 0. The standard InChI is InChI=1S/C21H21FN2O2/c1-15(17-8-10-18(22)11-9-17)14-21(25)26-13-5-12-24-16(2)23-19-6-3-4-7-20(19)24/h3-4,6-11,14H,5,12-13H2,1-2H3/b15-14-. The number of halogens is 1. The Morgan fingerprint density at radius 3 is 2.69 bits per heavy atom. The Balaban J connectivity index is 1.53. The first-order chi connectivity index (χ1) is 12.5. The summed E-state index contributed by atoms with van der Waals surface area (Å²) in [7, 11) is 0. The Bertz CT molecular complexity index is 942. The molecule has 0 spiro atoms. The van der Waals surface area contributed by atoms with Crippen molar-refractivity contribution in [3.05, 3.63) is 71.8 Å². The molecule has 0 aliphatic carbocycles. The van der Waals surface area contributed by atoms with Gasteiger partial charge in [0.1, 0.15) is 11.6 Å². The molecular weight excluding hydrogens is 331 g/mol. The van der Waals surface area contributed by atoms with Gasteiger partial charge in [0.05, 0.1) is 17.6 Å². The third kappa shape index (κ3) is 4.17. The molecule has 0 aliphatic heterocycles. The van der Waals surface area contributed by atoms with E-state index in [1.54, 1.807) is 19.1 Å². The van der Waals surface area contributed by atoms with Gasteiger partial charge in [0.15, 0.2) is 0 Å². The predicted molar refractivity (Wildman–Crippen MR) is 100 cm³/mol. The van der Waals surface area contributed by atoms with Crippen molar-refractivity contribution in [2.24, 2.45) is 0 Å². The summed E-state index contributed by atoms with van der Waals surface area (Å²) < 4.78 is 20.4. The summed E-state index contributed by atoms with van der Waals surface area (Å²) in [6.45, 7) is 4.84. The highest BCUT2D eigenvalue weighted by molar-refractivity contribution is 5.90. The first-order valence-corrected chi connectivity index (χ1v) is 8.57. The van der Waals surface area contributed by atoms with Crippen LogP contribution < -0.4 is 0 Å². The first kappa shape index (κ1) is 17.9. The number of benzene rings is 2. The molecule has 0 N–H and O–H groups in total. The smallest absolute Gasteiger partial charge is 0.331 e. The van der Waals surface area contributed by atoms with Gasteiger partial charge in [-0.05, 0) is 55.7 Å². The monoisotopic (exact) mass is 352 g/mol. The third-order valence-electron chi connectivity index (χ3n) is 4.25. The molecular formula is C21H21FN2O2. The van der Waals surface area contributed by atoms with Crippen molar-refractivity contribution in [1.29, 1.82) is 0 Å². The van der Waals surface area contributed by atoms with Crippen LogP contribution in [0.4, 0.5) is 4.39 Å². The fraction of sp³-hybridized carbons (Fsp3) is 0.238. The van der Waals surface area contributed by atoms with Crippen LogP contribution in [0.5, 0.6) is 0 Å². The van der Waals surface area contributed by atoms with Crippen LogP contribution in [-0.2, 0) is 16.1 Å². The summed E-state index contributed by atoms with van der Waals surface area (Å²) in [5.74, 6) is 0.259. The van der Waals surface area contributed by atoms with Crippen LogP contribution in [0, 0.1) is 12.7 Å². The molecule has 134 valence electrons. The molecule has 0 radical (unpaired) electrons. The van der Waals surface area contributed by atoms with Gasteiger partial charge in [-0.25, -0.2) is 14.2 Å². The Hall–Kier alpha value is -2.95. The number of nitrogens with zero attached hydrogens (tertiary/aromatic N) is 2. The fourth-order valence-corrected chi connectivity index (χ4v) is 2.89. The van der Waals surface area contributed by atoms with E-state index >= 15 is 0 Å². The third-order valence-corrected chi connectivity index (χ3v) is 4.25. The van der Waals surface area contributed by atoms with Crippen LogP contribution in [0.25, 0.3) is 16.6 Å². The molecule has 1 aromatic heterocycles. The minimum absolute atomic E-state index is 0.300. The molecule has 0 bridgehead atoms. The number of ether oxygens (including phenoxy) is 1. The number of carbonyl (C=O) groups is 1. The maximum atomic E-state index is 12.9. The van der Waals surface area contributed by atoms with Gasteiger partial charge in [0.25, 0.3) is 0 Å². The van der Waals surface area contributed by atoms with Crippen LogP contribution in [-0.4, -0.2) is 22.1 Å². The van der Waals surface area contributed by atoms with Crippen molar-refractivity contribution in [1.82, 2.24) is 9.55 Å². The topological polar surface area (TPSA) is 44.1 Å². The number of imidazole rings is 1. The van der Waals surface area contributed by atoms with Gasteiger partial charge in [0, 0.05) is 12.6 Å². The second-order valence-corrected chi connectivity index (χ2v) is 6.15. The zero-order valence-corrected chi connectivity index (χ0v) is 14.9. The fourth-order valence-electron chi connectivity index (χ4n) is 2.89. The molecule has 1 heterocycles. The van der Waals surface area contributed by atoms with E-state index in [2.05, 4.69) is 9.55 Å². The lowest BCUT2D eigenvalue weighted by atomic mass is 10.1. The van der Waals surface area contributed by atoms with E-state index in [0.717, 1.165) is 34.5 Å². The lowest BCUT2D eigenvalue weighted by Crippen LogP contribution is -2.07. The highest BCUT2D eigenvalue weighted by atomic mass is 19.1. The zero-order valence-electron chi connectivity index (χ0n) is 14.9. The van der Waals surface area contributed by atoms with Gasteiger partial charge in [-0.15, -0.1) is 0 Å². The normalized spacial score (nSPS) is 11.7. The van der Waals surface area contributed by atoms with Crippen molar-refractivity contribution in [2.45, 2.75) is 26.8 Å². The lowest BCUT2D eigenvalue weighted by molar-refractivity contribution is -0.137. The van der Waals surface area contributed by atoms with Crippen molar-refractivity contribution in [2.75, 3.05) is 6.61 Å². The summed E-state index contributed by atoms with van der Waals surface area (Å²) in [6.07, 6.45) is 2.14. The summed E-state index contributed by atoms with van der Waals surface area (Å²) >= 11 is 0. The predicted octanol–water partition coefficient (Wildman–Crippen LogP) is 4.52. The van der Waals surface area contributed by atoms with Crippen molar-refractivity contribution >= 4 is 22.6 Å². The van der Waals surface area contributed by atoms with Crippen molar-refractivity contribution in [3.63, 3.8) is 0 Å². The van der Waals surface area contributed by atoms with Crippen LogP contribution >= 0.6 is 0 Å². The number of fused-ring (bicyclic) bond motifs is 1.